The van der Waals surface area contributed by atoms with Crippen LogP contribution in [0.2, 0.25) is 0 Å². The van der Waals surface area contributed by atoms with Crippen molar-refractivity contribution in [1.29, 1.82) is 0 Å². The summed E-state index contributed by atoms with van der Waals surface area (Å²) in [5.41, 5.74) is 0.855. The molecule has 7 heteroatoms. The van der Waals surface area contributed by atoms with Gasteiger partial charge in [-0.3, -0.25) is 10.1 Å². The molecule has 0 bridgehead atoms. The van der Waals surface area contributed by atoms with Gasteiger partial charge in [-0.05, 0) is 31.0 Å². The van der Waals surface area contributed by atoms with E-state index in [1.54, 1.807) is 12.1 Å². The lowest BCUT2D eigenvalue weighted by Gasteiger charge is -2.10. The summed E-state index contributed by atoms with van der Waals surface area (Å²) in [5.74, 6) is -0.894. The van der Waals surface area contributed by atoms with Crippen molar-refractivity contribution in [2.45, 2.75) is 13.8 Å². The monoisotopic (exact) mass is 288 g/mol. The first-order chi connectivity index (χ1) is 9.90. The van der Waals surface area contributed by atoms with Crippen molar-refractivity contribution < 1.29 is 19.6 Å². The van der Waals surface area contributed by atoms with Crippen LogP contribution in [0.25, 0.3) is 0 Å². The number of aromatic nitrogens is 1. The minimum atomic E-state index is -1.41. The number of nitrogens with zero attached hydrogens (tertiary/aromatic N) is 2. The van der Waals surface area contributed by atoms with Gasteiger partial charge in [0.15, 0.2) is 0 Å². The highest BCUT2D eigenvalue weighted by Crippen LogP contribution is 2.28. The van der Waals surface area contributed by atoms with Crippen molar-refractivity contribution in [2.75, 3.05) is 0 Å². The van der Waals surface area contributed by atoms with Crippen LogP contribution in [0, 0.1) is 24.0 Å². The highest BCUT2D eigenvalue weighted by atomic mass is 16.6. The van der Waals surface area contributed by atoms with E-state index in [1.165, 1.54) is 0 Å². The van der Waals surface area contributed by atoms with Crippen LogP contribution in [-0.2, 0) is 0 Å². The SMILES string of the molecule is Cc1cccc(Oc2cc(C(=O)O)c([N+](=O)[O-])cn2)c1C. The summed E-state index contributed by atoms with van der Waals surface area (Å²) in [6.07, 6.45) is 0.879. The lowest BCUT2D eigenvalue weighted by molar-refractivity contribution is -0.385. The molecule has 2 rings (SSSR count). The van der Waals surface area contributed by atoms with E-state index < -0.39 is 22.1 Å². The van der Waals surface area contributed by atoms with Gasteiger partial charge >= 0.3 is 11.7 Å². The predicted octanol–water partition coefficient (Wildman–Crippen LogP) is 3.10. The molecule has 0 spiro atoms. The van der Waals surface area contributed by atoms with Gasteiger partial charge in [0.05, 0.1) is 4.92 Å². The van der Waals surface area contributed by atoms with Crippen molar-refractivity contribution in [3.63, 3.8) is 0 Å². The molecule has 0 radical (unpaired) electrons. The second-order valence-corrected chi connectivity index (χ2v) is 4.40. The Kier molecular flexibility index (Phi) is 3.84. The van der Waals surface area contributed by atoms with E-state index in [2.05, 4.69) is 4.98 Å². The Balaban J connectivity index is 2.42. The summed E-state index contributed by atoms with van der Waals surface area (Å²) in [4.78, 5) is 24.8. The van der Waals surface area contributed by atoms with E-state index in [1.807, 2.05) is 19.9 Å². The van der Waals surface area contributed by atoms with Gasteiger partial charge in [-0.25, -0.2) is 9.78 Å². The molecule has 21 heavy (non-hydrogen) atoms. The molecule has 108 valence electrons. The van der Waals surface area contributed by atoms with Crippen molar-refractivity contribution in [3.8, 4) is 11.6 Å². The van der Waals surface area contributed by atoms with E-state index in [0.717, 1.165) is 23.4 Å². The van der Waals surface area contributed by atoms with Gasteiger partial charge < -0.3 is 9.84 Å². The molecule has 0 saturated carbocycles. The lowest BCUT2D eigenvalue weighted by Crippen LogP contribution is -2.04. The summed E-state index contributed by atoms with van der Waals surface area (Å²) in [6.45, 7) is 3.77. The Bertz CT molecular complexity index is 727. The van der Waals surface area contributed by atoms with Crippen molar-refractivity contribution >= 4 is 11.7 Å². The lowest BCUT2D eigenvalue weighted by atomic mass is 10.1. The molecule has 0 saturated heterocycles. The molecule has 0 atom stereocenters. The van der Waals surface area contributed by atoms with Gasteiger partial charge in [-0.1, -0.05) is 12.1 Å². The number of hydrogen-bond donors (Lipinski definition) is 1. The van der Waals surface area contributed by atoms with Gasteiger partial charge in [0.25, 0.3) is 0 Å². The third kappa shape index (κ3) is 2.97. The highest BCUT2D eigenvalue weighted by Gasteiger charge is 2.21. The zero-order valence-electron chi connectivity index (χ0n) is 11.4. The van der Waals surface area contributed by atoms with Crippen LogP contribution in [0.15, 0.2) is 30.5 Å². The molecule has 1 heterocycles. The van der Waals surface area contributed by atoms with E-state index in [4.69, 9.17) is 9.84 Å². The van der Waals surface area contributed by atoms with Crippen LogP contribution in [0.4, 0.5) is 5.69 Å². The number of ether oxygens (including phenoxy) is 1. The van der Waals surface area contributed by atoms with E-state index in [0.29, 0.717) is 5.75 Å². The second kappa shape index (κ2) is 5.58. The average molecular weight is 288 g/mol. The fourth-order valence-electron chi connectivity index (χ4n) is 1.75. The van der Waals surface area contributed by atoms with Crippen molar-refractivity contribution in [1.82, 2.24) is 4.98 Å². The summed E-state index contributed by atoms with van der Waals surface area (Å²) in [6, 6.07) is 6.46. The Hall–Kier alpha value is -2.96. The zero-order chi connectivity index (χ0) is 15.6. The molecule has 7 nitrogen and oxygen atoms in total. The molecule has 1 N–H and O–H groups in total. The molecule has 0 aliphatic rings. The van der Waals surface area contributed by atoms with E-state index in [9.17, 15) is 14.9 Å². The number of rotatable bonds is 4. The minimum Gasteiger partial charge on any atom is -0.477 e. The predicted molar refractivity (Wildman–Crippen MR) is 73.8 cm³/mol. The zero-order valence-corrected chi connectivity index (χ0v) is 11.4. The maximum atomic E-state index is 11.1. The third-order valence-corrected chi connectivity index (χ3v) is 3.05. The van der Waals surface area contributed by atoms with Gasteiger partial charge in [0, 0.05) is 6.07 Å². The Morgan fingerprint density at radius 2 is 2.10 bits per heavy atom. The number of nitro groups is 1. The molecule has 1 aromatic heterocycles. The van der Waals surface area contributed by atoms with Gasteiger partial charge in [-0.15, -0.1) is 0 Å². The number of carboxylic acids is 1. The first-order valence-electron chi connectivity index (χ1n) is 6.02. The maximum absolute atomic E-state index is 11.1. The smallest absolute Gasteiger partial charge is 0.342 e. The standard InChI is InChI=1S/C14H12N2O5/c1-8-4-3-5-12(9(8)2)21-13-6-10(14(17)18)11(7-15-13)16(19)20/h3-7H,1-2H3,(H,17,18). The van der Waals surface area contributed by atoms with Gasteiger partial charge in [0.1, 0.15) is 17.5 Å². The first kappa shape index (κ1) is 14.4. The molecule has 0 aliphatic heterocycles. The van der Waals surface area contributed by atoms with Crippen LogP contribution in [0.1, 0.15) is 21.5 Å². The molecule has 1 aromatic carbocycles. The van der Waals surface area contributed by atoms with Gasteiger partial charge in [0.2, 0.25) is 5.88 Å². The molecule has 0 aliphatic carbocycles. The summed E-state index contributed by atoms with van der Waals surface area (Å²) < 4.78 is 5.52. The Morgan fingerprint density at radius 1 is 1.38 bits per heavy atom. The minimum absolute atomic E-state index is 0.00769. The summed E-state index contributed by atoms with van der Waals surface area (Å²) >= 11 is 0. The fraction of sp³-hybridized carbons (Fsp3) is 0.143. The van der Waals surface area contributed by atoms with E-state index >= 15 is 0 Å². The van der Waals surface area contributed by atoms with E-state index in [-0.39, 0.29) is 5.88 Å². The normalized spacial score (nSPS) is 10.2. The quantitative estimate of drug-likeness (QED) is 0.685. The Morgan fingerprint density at radius 3 is 2.71 bits per heavy atom. The summed E-state index contributed by atoms with van der Waals surface area (Å²) in [5, 5.41) is 19.8. The van der Waals surface area contributed by atoms with Crippen LogP contribution in [0.3, 0.4) is 0 Å². The van der Waals surface area contributed by atoms with Crippen LogP contribution < -0.4 is 4.74 Å². The molecular weight excluding hydrogens is 276 g/mol. The molecule has 0 amide bonds. The van der Waals surface area contributed by atoms with Crippen molar-refractivity contribution in [3.05, 3.63) is 57.3 Å². The van der Waals surface area contributed by atoms with Crippen LogP contribution in [-0.4, -0.2) is 21.0 Å². The molecule has 2 aromatic rings. The number of benzene rings is 1. The average Bonchev–Trinajstić information content (AvgIpc) is 2.43. The van der Waals surface area contributed by atoms with Gasteiger partial charge in [-0.2, -0.15) is 0 Å². The topological polar surface area (TPSA) is 103 Å². The molecular formula is C14H12N2O5. The second-order valence-electron chi connectivity index (χ2n) is 4.40. The number of aromatic carboxylic acids is 1. The maximum Gasteiger partial charge on any atom is 0.342 e. The first-order valence-corrected chi connectivity index (χ1v) is 6.02. The molecule has 0 fully saturated rings. The number of hydrogen-bond acceptors (Lipinski definition) is 5. The Labute approximate surface area is 120 Å². The molecule has 0 unspecified atom stereocenters. The van der Waals surface area contributed by atoms with Crippen LogP contribution in [0.5, 0.6) is 11.6 Å². The summed E-state index contributed by atoms with van der Waals surface area (Å²) in [7, 11) is 0. The highest BCUT2D eigenvalue weighted by molar-refractivity contribution is 5.92. The number of carbonyl (C=O) groups is 1. The largest absolute Gasteiger partial charge is 0.477 e. The fourth-order valence-corrected chi connectivity index (χ4v) is 1.75. The number of aryl methyl sites for hydroxylation is 1. The van der Waals surface area contributed by atoms with Crippen molar-refractivity contribution in [2.24, 2.45) is 0 Å². The third-order valence-electron chi connectivity index (χ3n) is 3.05. The number of carboxylic acid groups (broad SMARTS) is 1. The van der Waals surface area contributed by atoms with Crippen LogP contribution >= 0.6 is 0 Å². The number of pyridine rings is 1.